The molecule has 0 aliphatic heterocycles. The number of benzene rings is 1. The number of rotatable bonds is 5. The SMILES string of the molecule is CCC(N)C(Oc1ccc(F)cc1F)c1sccc1C. The summed E-state index contributed by atoms with van der Waals surface area (Å²) >= 11 is 1.53. The fourth-order valence-electron chi connectivity index (χ4n) is 1.93. The molecule has 2 aromatic rings. The van der Waals surface area contributed by atoms with Gasteiger partial charge in [0.15, 0.2) is 11.6 Å². The van der Waals surface area contributed by atoms with Crippen LogP contribution >= 0.6 is 11.3 Å². The molecule has 0 radical (unpaired) electrons. The Morgan fingerprint density at radius 2 is 2.05 bits per heavy atom. The van der Waals surface area contributed by atoms with Gasteiger partial charge in [-0.3, -0.25) is 0 Å². The highest BCUT2D eigenvalue weighted by Crippen LogP contribution is 2.32. The lowest BCUT2D eigenvalue weighted by atomic mass is 10.1. The van der Waals surface area contributed by atoms with Crippen LogP contribution < -0.4 is 10.5 Å². The molecule has 0 aliphatic carbocycles. The molecule has 0 saturated carbocycles. The molecule has 0 fully saturated rings. The summed E-state index contributed by atoms with van der Waals surface area (Å²) in [4.78, 5) is 0.975. The van der Waals surface area contributed by atoms with Crippen molar-refractivity contribution >= 4 is 11.3 Å². The van der Waals surface area contributed by atoms with Crippen molar-refractivity contribution in [1.82, 2.24) is 0 Å². The van der Waals surface area contributed by atoms with Crippen molar-refractivity contribution in [1.29, 1.82) is 0 Å². The van der Waals surface area contributed by atoms with Gasteiger partial charge in [-0.15, -0.1) is 11.3 Å². The summed E-state index contributed by atoms with van der Waals surface area (Å²) in [6.07, 6.45) is 0.269. The van der Waals surface area contributed by atoms with Crippen LogP contribution in [0, 0.1) is 18.6 Å². The average Bonchev–Trinajstić information content (AvgIpc) is 2.83. The molecule has 1 heterocycles. The summed E-state index contributed by atoms with van der Waals surface area (Å²) in [5.74, 6) is -1.32. The molecule has 0 aliphatic rings. The molecule has 20 heavy (non-hydrogen) atoms. The maximum Gasteiger partial charge on any atom is 0.168 e. The van der Waals surface area contributed by atoms with Crippen LogP contribution in [-0.2, 0) is 0 Å². The van der Waals surface area contributed by atoms with Gasteiger partial charge >= 0.3 is 0 Å². The van der Waals surface area contributed by atoms with E-state index in [4.69, 9.17) is 10.5 Å². The van der Waals surface area contributed by atoms with Crippen molar-refractivity contribution < 1.29 is 13.5 Å². The van der Waals surface area contributed by atoms with E-state index in [0.717, 1.165) is 16.5 Å². The molecular weight excluding hydrogens is 280 g/mol. The second kappa shape index (κ2) is 6.33. The van der Waals surface area contributed by atoms with Crippen LogP contribution in [0.5, 0.6) is 5.75 Å². The van der Waals surface area contributed by atoms with E-state index >= 15 is 0 Å². The van der Waals surface area contributed by atoms with Crippen LogP contribution in [0.15, 0.2) is 29.6 Å². The normalized spacial score (nSPS) is 14.1. The summed E-state index contributed by atoms with van der Waals surface area (Å²) in [7, 11) is 0. The van der Waals surface area contributed by atoms with E-state index < -0.39 is 17.7 Å². The Morgan fingerprint density at radius 3 is 2.60 bits per heavy atom. The molecule has 2 N–H and O–H groups in total. The lowest BCUT2D eigenvalue weighted by Crippen LogP contribution is -2.31. The zero-order valence-electron chi connectivity index (χ0n) is 11.4. The number of ether oxygens (including phenoxy) is 1. The molecule has 0 spiro atoms. The Kier molecular flexibility index (Phi) is 4.73. The zero-order chi connectivity index (χ0) is 14.7. The molecule has 1 aromatic carbocycles. The third kappa shape index (κ3) is 3.16. The summed E-state index contributed by atoms with van der Waals surface area (Å²) in [6, 6.07) is 5.00. The molecular formula is C15H17F2NOS. The van der Waals surface area contributed by atoms with Crippen molar-refractivity contribution in [3.05, 3.63) is 51.7 Å². The van der Waals surface area contributed by atoms with Gasteiger partial charge in [-0.05, 0) is 42.5 Å². The van der Waals surface area contributed by atoms with E-state index in [0.29, 0.717) is 6.42 Å². The molecule has 2 rings (SSSR count). The van der Waals surface area contributed by atoms with Crippen molar-refractivity contribution in [3.8, 4) is 5.75 Å². The van der Waals surface area contributed by atoms with Crippen LogP contribution in [0.25, 0.3) is 0 Å². The van der Waals surface area contributed by atoms with Crippen molar-refractivity contribution in [2.24, 2.45) is 5.73 Å². The molecule has 5 heteroatoms. The largest absolute Gasteiger partial charge is 0.480 e. The van der Waals surface area contributed by atoms with Gasteiger partial charge in [0.1, 0.15) is 11.9 Å². The minimum Gasteiger partial charge on any atom is -0.480 e. The quantitative estimate of drug-likeness (QED) is 0.898. The molecule has 108 valence electrons. The number of hydrogen-bond donors (Lipinski definition) is 1. The van der Waals surface area contributed by atoms with E-state index in [-0.39, 0.29) is 11.8 Å². The summed E-state index contributed by atoms with van der Waals surface area (Å²) in [5, 5.41) is 1.95. The minimum absolute atomic E-state index is 0.0214. The van der Waals surface area contributed by atoms with E-state index in [2.05, 4.69) is 0 Å². The van der Waals surface area contributed by atoms with E-state index in [1.165, 1.54) is 23.5 Å². The summed E-state index contributed by atoms with van der Waals surface area (Å²) < 4.78 is 32.4. The average molecular weight is 297 g/mol. The van der Waals surface area contributed by atoms with Crippen LogP contribution in [0.2, 0.25) is 0 Å². The maximum absolute atomic E-state index is 13.7. The molecule has 2 atom stereocenters. The first-order chi connectivity index (χ1) is 9.52. The van der Waals surface area contributed by atoms with Crippen molar-refractivity contribution in [3.63, 3.8) is 0 Å². The highest BCUT2D eigenvalue weighted by atomic mass is 32.1. The monoisotopic (exact) mass is 297 g/mol. The summed E-state index contributed by atoms with van der Waals surface area (Å²) in [6.45, 7) is 3.91. The number of thiophene rings is 1. The van der Waals surface area contributed by atoms with Crippen molar-refractivity contribution in [2.45, 2.75) is 32.4 Å². The molecule has 0 saturated heterocycles. The number of hydrogen-bond acceptors (Lipinski definition) is 3. The summed E-state index contributed by atoms with van der Waals surface area (Å²) in [5.41, 5.74) is 7.15. The second-order valence-corrected chi connectivity index (χ2v) is 5.60. The van der Waals surface area contributed by atoms with Gasteiger partial charge in [0, 0.05) is 17.0 Å². The number of halogens is 2. The van der Waals surface area contributed by atoms with E-state index in [9.17, 15) is 8.78 Å². The Labute approximate surface area is 121 Å². The fourth-order valence-corrected chi connectivity index (χ4v) is 2.96. The van der Waals surface area contributed by atoms with Crippen LogP contribution in [-0.4, -0.2) is 6.04 Å². The lowest BCUT2D eigenvalue weighted by molar-refractivity contribution is 0.166. The Morgan fingerprint density at radius 1 is 1.30 bits per heavy atom. The predicted octanol–water partition coefficient (Wildman–Crippen LogP) is 4.19. The molecule has 2 unspecified atom stereocenters. The highest BCUT2D eigenvalue weighted by Gasteiger charge is 2.24. The van der Waals surface area contributed by atoms with E-state index in [1.54, 1.807) is 0 Å². The Hall–Kier alpha value is -1.46. The van der Waals surface area contributed by atoms with Gasteiger partial charge in [-0.25, -0.2) is 8.78 Å². The maximum atomic E-state index is 13.7. The first kappa shape index (κ1) is 14.9. The molecule has 1 aromatic heterocycles. The van der Waals surface area contributed by atoms with Crippen molar-refractivity contribution in [2.75, 3.05) is 0 Å². The lowest BCUT2D eigenvalue weighted by Gasteiger charge is -2.24. The Bertz CT molecular complexity index is 585. The fraction of sp³-hybridized carbons (Fsp3) is 0.333. The molecule has 0 bridgehead atoms. The van der Waals surface area contributed by atoms with Crippen LogP contribution in [0.3, 0.4) is 0 Å². The standard InChI is InChI=1S/C15H17F2NOS/c1-3-12(18)14(15-9(2)6-7-20-15)19-13-5-4-10(16)8-11(13)17/h4-8,12,14H,3,18H2,1-2H3. The predicted molar refractivity (Wildman–Crippen MR) is 77.0 cm³/mol. The topological polar surface area (TPSA) is 35.2 Å². The van der Waals surface area contributed by atoms with Crippen LogP contribution in [0.4, 0.5) is 8.78 Å². The van der Waals surface area contributed by atoms with Gasteiger partial charge in [-0.2, -0.15) is 0 Å². The Balaban J connectivity index is 2.31. The van der Waals surface area contributed by atoms with Gasteiger partial charge in [0.05, 0.1) is 0 Å². The zero-order valence-corrected chi connectivity index (χ0v) is 12.2. The number of nitrogens with two attached hydrogens (primary N) is 1. The number of aryl methyl sites for hydroxylation is 1. The highest BCUT2D eigenvalue weighted by molar-refractivity contribution is 7.10. The van der Waals surface area contributed by atoms with Gasteiger partial charge in [0.25, 0.3) is 0 Å². The third-order valence-corrected chi connectivity index (χ3v) is 4.25. The minimum atomic E-state index is -0.715. The second-order valence-electron chi connectivity index (χ2n) is 4.65. The third-order valence-electron chi connectivity index (χ3n) is 3.17. The smallest absolute Gasteiger partial charge is 0.168 e. The first-order valence-electron chi connectivity index (χ1n) is 6.44. The molecule has 0 amide bonds. The molecule has 2 nitrogen and oxygen atoms in total. The van der Waals surface area contributed by atoms with Gasteiger partial charge in [0.2, 0.25) is 0 Å². The first-order valence-corrected chi connectivity index (χ1v) is 7.32. The van der Waals surface area contributed by atoms with E-state index in [1.807, 2.05) is 25.3 Å². The van der Waals surface area contributed by atoms with Crippen LogP contribution in [0.1, 0.15) is 29.9 Å². The van der Waals surface area contributed by atoms with Gasteiger partial charge in [-0.1, -0.05) is 6.92 Å². The van der Waals surface area contributed by atoms with Gasteiger partial charge < -0.3 is 10.5 Å².